The Morgan fingerprint density at radius 3 is 2.86 bits per heavy atom. The zero-order chi connectivity index (χ0) is 15.6. The second-order valence-electron chi connectivity index (χ2n) is 4.78. The molecule has 1 fully saturated rings. The normalized spacial score (nSPS) is 21.5. The van der Waals surface area contributed by atoms with Gasteiger partial charge in [0.2, 0.25) is 0 Å². The molecule has 21 heavy (non-hydrogen) atoms. The molecular weight excluding hydrogens is 303 g/mol. The van der Waals surface area contributed by atoms with Gasteiger partial charge in [-0.2, -0.15) is 0 Å². The van der Waals surface area contributed by atoms with E-state index in [-0.39, 0.29) is 18.0 Å². The van der Waals surface area contributed by atoms with E-state index in [1.54, 1.807) is 0 Å². The molecular formula is C13H14ClFN2O4. The van der Waals surface area contributed by atoms with Crippen molar-refractivity contribution in [2.75, 3.05) is 13.6 Å². The molecule has 2 rings (SSSR count). The van der Waals surface area contributed by atoms with Gasteiger partial charge < -0.3 is 20.1 Å². The van der Waals surface area contributed by atoms with Gasteiger partial charge in [-0.3, -0.25) is 4.79 Å². The number of carbonyl (C=O) groups excluding carboxylic acids is 2. The molecule has 1 aliphatic rings. The first-order valence-electron chi connectivity index (χ1n) is 6.20. The maximum atomic E-state index is 13.1. The van der Waals surface area contributed by atoms with E-state index in [9.17, 15) is 19.1 Å². The van der Waals surface area contributed by atoms with Crippen LogP contribution in [0.1, 0.15) is 12.0 Å². The summed E-state index contributed by atoms with van der Waals surface area (Å²) in [5.41, 5.74) is 0.429. The topological polar surface area (TPSA) is 78.9 Å². The summed E-state index contributed by atoms with van der Waals surface area (Å²) in [5, 5.41) is 12.5. The number of nitrogens with zero attached hydrogens (tertiary/aromatic N) is 1. The molecule has 1 heterocycles. The van der Waals surface area contributed by atoms with Gasteiger partial charge in [-0.15, -0.1) is 0 Å². The molecule has 2 N–H and O–H groups in total. The Bertz CT molecular complexity index is 563. The summed E-state index contributed by atoms with van der Waals surface area (Å²) in [7, 11) is 1.50. The van der Waals surface area contributed by atoms with E-state index in [2.05, 4.69) is 5.32 Å². The van der Waals surface area contributed by atoms with E-state index in [0.29, 0.717) is 12.1 Å². The number of nitrogens with one attached hydrogen (secondary N) is 1. The fourth-order valence-corrected chi connectivity index (χ4v) is 2.24. The molecule has 0 unspecified atom stereocenters. The summed E-state index contributed by atoms with van der Waals surface area (Å²) in [4.78, 5) is 24.5. The molecule has 0 bridgehead atoms. The maximum Gasteiger partial charge on any atom is 0.410 e. The molecule has 0 aliphatic carbocycles. The minimum Gasteiger partial charge on any atom is -0.407 e. The Hall–Kier alpha value is -1.86. The van der Waals surface area contributed by atoms with E-state index in [4.69, 9.17) is 16.3 Å². The number of hydrogen-bond acceptors (Lipinski definition) is 4. The van der Waals surface area contributed by atoms with E-state index in [1.807, 2.05) is 0 Å². The van der Waals surface area contributed by atoms with Gasteiger partial charge >= 0.3 is 6.09 Å². The summed E-state index contributed by atoms with van der Waals surface area (Å²) in [6.45, 7) is 0.249. The van der Waals surface area contributed by atoms with E-state index >= 15 is 0 Å². The van der Waals surface area contributed by atoms with Gasteiger partial charge in [0.25, 0.3) is 11.7 Å². The molecule has 1 aliphatic heterocycles. The second kappa shape index (κ2) is 5.87. The number of amides is 2. The Kier molecular flexibility index (Phi) is 4.34. The van der Waals surface area contributed by atoms with Gasteiger partial charge in [0.1, 0.15) is 5.82 Å². The smallest absolute Gasteiger partial charge is 0.407 e. The molecule has 1 atom stereocenters. The molecule has 6 nitrogen and oxygen atoms in total. The van der Waals surface area contributed by atoms with E-state index in [1.165, 1.54) is 24.1 Å². The largest absolute Gasteiger partial charge is 0.410 e. The fraction of sp³-hybridized carbons (Fsp3) is 0.385. The summed E-state index contributed by atoms with van der Waals surface area (Å²) < 4.78 is 17.9. The SMILES string of the molecule is CN1CC[C@](O)(OC(=O)NCc2cc(F)cc(Cl)c2)C1=O. The van der Waals surface area contributed by atoms with Crippen LogP contribution in [0.4, 0.5) is 9.18 Å². The minimum atomic E-state index is -2.14. The van der Waals surface area contributed by atoms with Crippen molar-refractivity contribution in [1.29, 1.82) is 0 Å². The first-order chi connectivity index (χ1) is 9.80. The number of likely N-dealkylation sites (tertiary alicyclic amines) is 1. The molecule has 1 aromatic carbocycles. The molecule has 8 heteroatoms. The lowest BCUT2D eigenvalue weighted by molar-refractivity contribution is -0.181. The summed E-state index contributed by atoms with van der Waals surface area (Å²) in [6, 6.07) is 3.82. The average molecular weight is 317 g/mol. The highest BCUT2D eigenvalue weighted by Crippen LogP contribution is 2.23. The molecule has 0 spiro atoms. The number of alkyl carbamates (subject to hydrolysis) is 1. The van der Waals surface area contributed by atoms with Crippen LogP contribution in [-0.4, -0.2) is 41.4 Å². The van der Waals surface area contributed by atoms with Crippen molar-refractivity contribution >= 4 is 23.6 Å². The van der Waals surface area contributed by atoms with Gasteiger partial charge in [-0.25, -0.2) is 9.18 Å². The van der Waals surface area contributed by atoms with E-state index < -0.39 is 23.6 Å². The predicted molar refractivity (Wildman–Crippen MR) is 71.9 cm³/mol. The van der Waals surface area contributed by atoms with Crippen molar-refractivity contribution in [2.45, 2.75) is 18.8 Å². The van der Waals surface area contributed by atoms with Crippen molar-refractivity contribution in [3.05, 3.63) is 34.6 Å². The summed E-state index contributed by atoms with van der Waals surface area (Å²) in [6.07, 6.45) is -0.969. The van der Waals surface area contributed by atoms with Gasteiger partial charge in [0, 0.05) is 31.6 Å². The van der Waals surface area contributed by atoms with Gasteiger partial charge in [0.15, 0.2) is 0 Å². The van der Waals surface area contributed by atoms with Crippen LogP contribution in [0.15, 0.2) is 18.2 Å². The molecule has 2 amide bonds. The number of likely N-dealkylation sites (N-methyl/N-ethyl adjacent to an activating group) is 1. The third-order valence-corrected chi connectivity index (χ3v) is 3.31. The Balaban J connectivity index is 1.92. The third-order valence-electron chi connectivity index (χ3n) is 3.09. The van der Waals surface area contributed by atoms with Crippen molar-refractivity contribution in [2.24, 2.45) is 0 Å². The zero-order valence-electron chi connectivity index (χ0n) is 11.2. The molecule has 1 aromatic rings. The summed E-state index contributed by atoms with van der Waals surface area (Å²) in [5.74, 6) is -3.34. The van der Waals surface area contributed by atoms with Crippen LogP contribution in [0.25, 0.3) is 0 Å². The van der Waals surface area contributed by atoms with Crippen LogP contribution in [-0.2, 0) is 16.1 Å². The standard InChI is InChI=1S/C13H14ClFN2O4/c1-17-3-2-13(20,11(17)18)21-12(19)16-7-8-4-9(14)6-10(15)5-8/h4-6,20H,2-3,7H2,1H3,(H,16,19)/t13-/m0/s1. The number of carbonyl (C=O) groups is 2. The van der Waals surface area contributed by atoms with Crippen molar-refractivity contribution in [1.82, 2.24) is 10.2 Å². The highest BCUT2D eigenvalue weighted by Gasteiger charge is 2.47. The lowest BCUT2D eigenvalue weighted by Crippen LogP contribution is -2.45. The molecule has 114 valence electrons. The van der Waals surface area contributed by atoms with Crippen LogP contribution < -0.4 is 5.32 Å². The van der Waals surface area contributed by atoms with Crippen LogP contribution in [0.3, 0.4) is 0 Å². The monoisotopic (exact) mass is 316 g/mol. The highest BCUT2D eigenvalue weighted by molar-refractivity contribution is 6.30. The van der Waals surface area contributed by atoms with Crippen LogP contribution in [0.2, 0.25) is 5.02 Å². The van der Waals surface area contributed by atoms with Crippen LogP contribution >= 0.6 is 11.6 Å². The Labute approximate surface area is 125 Å². The number of ether oxygens (including phenoxy) is 1. The lowest BCUT2D eigenvalue weighted by atomic mass is 10.2. The average Bonchev–Trinajstić information content (AvgIpc) is 2.63. The van der Waals surface area contributed by atoms with Crippen LogP contribution in [0, 0.1) is 5.82 Å². The summed E-state index contributed by atoms with van der Waals surface area (Å²) >= 11 is 5.69. The first-order valence-corrected chi connectivity index (χ1v) is 6.58. The minimum absolute atomic E-state index is 0.00153. The maximum absolute atomic E-state index is 13.1. The predicted octanol–water partition coefficient (Wildman–Crippen LogP) is 1.26. The van der Waals surface area contributed by atoms with Gasteiger partial charge in [-0.1, -0.05) is 11.6 Å². The van der Waals surface area contributed by atoms with Crippen molar-refractivity contribution < 1.29 is 23.8 Å². The zero-order valence-corrected chi connectivity index (χ0v) is 12.0. The molecule has 0 radical (unpaired) electrons. The second-order valence-corrected chi connectivity index (χ2v) is 5.22. The number of halogens is 2. The Morgan fingerprint density at radius 2 is 2.29 bits per heavy atom. The highest BCUT2D eigenvalue weighted by atomic mass is 35.5. The fourth-order valence-electron chi connectivity index (χ4n) is 2.00. The molecule has 0 aromatic heterocycles. The number of hydrogen-bond donors (Lipinski definition) is 2. The van der Waals surface area contributed by atoms with Crippen LogP contribution in [0.5, 0.6) is 0 Å². The third kappa shape index (κ3) is 3.62. The molecule has 0 saturated carbocycles. The van der Waals surface area contributed by atoms with Gasteiger partial charge in [-0.05, 0) is 23.8 Å². The van der Waals surface area contributed by atoms with Gasteiger partial charge in [0.05, 0.1) is 0 Å². The lowest BCUT2D eigenvalue weighted by Gasteiger charge is -2.20. The Morgan fingerprint density at radius 1 is 1.57 bits per heavy atom. The number of rotatable bonds is 3. The molecule has 1 saturated heterocycles. The quantitative estimate of drug-likeness (QED) is 0.823. The number of aliphatic hydroxyl groups is 1. The van der Waals surface area contributed by atoms with Crippen molar-refractivity contribution in [3.8, 4) is 0 Å². The number of benzene rings is 1. The first kappa shape index (κ1) is 15.5. The van der Waals surface area contributed by atoms with Crippen molar-refractivity contribution in [3.63, 3.8) is 0 Å². The van der Waals surface area contributed by atoms with E-state index in [0.717, 1.165) is 6.07 Å².